The standard InChI is InChI=1S/C18H26N6/c1-15(2)24(14-16-7-5-4-6-8-16)17-13-19-21-18(20-17)23-11-9-22(3)10-12-23/h4-8,13,15H,9-12,14H2,1-3H3. The molecule has 1 aliphatic heterocycles. The molecule has 0 N–H and O–H groups in total. The van der Waals surface area contributed by atoms with Crippen LogP contribution in [0.2, 0.25) is 0 Å². The Morgan fingerprint density at radius 3 is 2.46 bits per heavy atom. The van der Waals surface area contributed by atoms with Crippen molar-refractivity contribution >= 4 is 11.8 Å². The first-order valence-corrected chi connectivity index (χ1v) is 8.57. The van der Waals surface area contributed by atoms with E-state index in [2.05, 4.69) is 70.1 Å². The average molecular weight is 326 g/mol. The zero-order valence-electron chi connectivity index (χ0n) is 14.8. The topological polar surface area (TPSA) is 48.4 Å². The maximum Gasteiger partial charge on any atom is 0.247 e. The van der Waals surface area contributed by atoms with Gasteiger partial charge in [0.05, 0.1) is 6.20 Å². The Morgan fingerprint density at radius 1 is 1.08 bits per heavy atom. The minimum atomic E-state index is 0.335. The molecule has 1 fully saturated rings. The summed E-state index contributed by atoms with van der Waals surface area (Å²) in [4.78, 5) is 11.6. The van der Waals surface area contributed by atoms with Crippen LogP contribution in [0.1, 0.15) is 19.4 Å². The molecule has 2 heterocycles. The van der Waals surface area contributed by atoms with E-state index in [4.69, 9.17) is 4.98 Å². The quantitative estimate of drug-likeness (QED) is 0.838. The summed E-state index contributed by atoms with van der Waals surface area (Å²) in [5, 5.41) is 8.47. The third-order valence-electron chi connectivity index (χ3n) is 4.43. The highest BCUT2D eigenvalue weighted by Gasteiger charge is 2.19. The lowest BCUT2D eigenvalue weighted by molar-refractivity contribution is 0.311. The molecule has 1 aromatic carbocycles. The zero-order chi connectivity index (χ0) is 16.9. The lowest BCUT2D eigenvalue weighted by Gasteiger charge is -2.33. The number of hydrogen-bond acceptors (Lipinski definition) is 6. The molecule has 1 saturated heterocycles. The fourth-order valence-electron chi connectivity index (χ4n) is 2.87. The predicted molar refractivity (Wildman–Crippen MR) is 97.3 cm³/mol. The Balaban J connectivity index is 1.79. The molecule has 3 rings (SSSR count). The lowest BCUT2D eigenvalue weighted by atomic mass is 10.2. The van der Waals surface area contributed by atoms with Gasteiger partial charge < -0.3 is 14.7 Å². The summed E-state index contributed by atoms with van der Waals surface area (Å²) < 4.78 is 0. The Hall–Kier alpha value is -2.21. The maximum atomic E-state index is 4.80. The summed E-state index contributed by atoms with van der Waals surface area (Å²) >= 11 is 0. The van der Waals surface area contributed by atoms with Gasteiger partial charge in [-0.25, -0.2) is 0 Å². The molecule has 0 saturated carbocycles. The molecule has 24 heavy (non-hydrogen) atoms. The SMILES string of the molecule is CC(C)N(Cc1ccccc1)c1cnnc(N2CCN(C)CC2)n1. The van der Waals surface area contributed by atoms with Gasteiger partial charge in [-0.3, -0.25) is 0 Å². The van der Waals surface area contributed by atoms with Crippen LogP contribution >= 0.6 is 0 Å². The molecule has 128 valence electrons. The number of hydrogen-bond donors (Lipinski definition) is 0. The highest BCUT2D eigenvalue weighted by molar-refractivity contribution is 5.43. The summed E-state index contributed by atoms with van der Waals surface area (Å²) in [6, 6.07) is 10.8. The Labute approximate surface area is 144 Å². The molecule has 0 bridgehead atoms. The van der Waals surface area contributed by atoms with E-state index >= 15 is 0 Å². The van der Waals surface area contributed by atoms with E-state index in [9.17, 15) is 0 Å². The normalized spacial score (nSPS) is 15.8. The van der Waals surface area contributed by atoms with E-state index in [1.54, 1.807) is 6.20 Å². The van der Waals surface area contributed by atoms with Gasteiger partial charge in [0.15, 0.2) is 5.82 Å². The lowest BCUT2D eigenvalue weighted by Crippen LogP contribution is -2.45. The molecule has 0 radical (unpaired) electrons. The van der Waals surface area contributed by atoms with Crippen molar-refractivity contribution in [1.82, 2.24) is 20.1 Å². The smallest absolute Gasteiger partial charge is 0.247 e. The monoisotopic (exact) mass is 326 g/mol. The van der Waals surface area contributed by atoms with Gasteiger partial charge >= 0.3 is 0 Å². The molecular formula is C18H26N6. The fourth-order valence-corrected chi connectivity index (χ4v) is 2.87. The molecule has 1 aliphatic rings. The van der Waals surface area contributed by atoms with E-state index in [0.717, 1.165) is 44.5 Å². The molecule has 2 aromatic rings. The first-order valence-electron chi connectivity index (χ1n) is 8.57. The molecule has 0 unspecified atom stereocenters. The molecule has 6 nitrogen and oxygen atoms in total. The van der Waals surface area contributed by atoms with Crippen LogP contribution in [0, 0.1) is 0 Å². The minimum absolute atomic E-state index is 0.335. The molecule has 6 heteroatoms. The van der Waals surface area contributed by atoms with E-state index in [0.29, 0.717) is 6.04 Å². The highest BCUT2D eigenvalue weighted by Crippen LogP contribution is 2.19. The summed E-state index contributed by atoms with van der Waals surface area (Å²) in [6.07, 6.45) is 1.77. The van der Waals surface area contributed by atoms with Crippen LogP contribution in [0.4, 0.5) is 11.8 Å². The molecule has 0 atom stereocenters. The van der Waals surface area contributed by atoms with Crippen LogP contribution in [-0.4, -0.2) is 59.3 Å². The molecular weight excluding hydrogens is 300 g/mol. The second kappa shape index (κ2) is 7.57. The van der Waals surface area contributed by atoms with Crippen LogP contribution in [-0.2, 0) is 6.54 Å². The minimum Gasteiger partial charge on any atom is -0.348 e. The Kier molecular flexibility index (Phi) is 5.25. The summed E-state index contributed by atoms with van der Waals surface area (Å²) in [5.41, 5.74) is 1.27. The van der Waals surface area contributed by atoms with E-state index in [1.165, 1.54) is 5.56 Å². The van der Waals surface area contributed by atoms with Gasteiger partial charge in [-0.1, -0.05) is 30.3 Å². The summed E-state index contributed by atoms with van der Waals surface area (Å²) in [7, 11) is 2.15. The van der Waals surface area contributed by atoms with Crippen molar-refractivity contribution < 1.29 is 0 Å². The molecule has 0 spiro atoms. The Bertz CT molecular complexity index is 637. The van der Waals surface area contributed by atoms with Crippen molar-refractivity contribution in [3.63, 3.8) is 0 Å². The highest BCUT2D eigenvalue weighted by atomic mass is 15.4. The summed E-state index contributed by atoms with van der Waals surface area (Å²) in [5.74, 6) is 1.62. The van der Waals surface area contributed by atoms with Crippen LogP contribution in [0.5, 0.6) is 0 Å². The number of piperazine rings is 1. The number of likely N-dealkylation sites (N-methyl/N-ethyl adjacent to an activating group) is 1. The van der Waals surface area contributed by atoms with Gasteiger partial charge in [0, 0.05) is 38.8 Å². The number of aromatic nitrogens is 3. The van der Waals surface area contributed by atoms with Gasteiger partial charge in [0.2, 0.25) is 5.95 Å². The molecule has 0 aliphatic carbocycles. The predicted octanol–water partition coefficient (Wildman–Crippen LogP) is 2.04. The second-order valence-corrected chi connectivity index (χ2v) is 6.61. The van der Waals surface area contributed by atoms with Gasteiger partial charge in [-0.2, -0.15) is 10.1 Å². The number of rotatable bonds is 5. The maximum absolute atomic E-state index is 4.80. The van der Waals surface area contributed by atoms with Crippen LogP contribution in [0.15, 0.2) is 36.5 Å². The average Bonchev–Trinajstić information content (AvgIpc) is 2.61. The van der Waals surface area contributed by atoms with Crippen molar-refractivity contribution in [3.05, 3.63) is 42.1 Å². The van der Waals surface area contributed by atoms with Crippen molar-refractivity contribution in [2.45, 2.75) is 26.4 Å². The van der Waals surface area contributed by atoms with Crippen LogP contribution in [0.25, 0.3) is 0 Å². The fraction of sp³-hybridized carbons (Fsp3) is 0.500. The van der Waals surface area contributed by atoms with E-state index in [1.807, 2.05) is 6.07 Å². The zero-order valence-corrected chi connectivity index (χ0v) is 14.8. The number of benzene rings is 1. The third kappa shape index (κ3) is 4.00. The van der Waals surface area contributed by atoms with E-state index in [-0.39, 0.29) is 0 Å². The third-order valence-corrected chi connectivity index (χ3v) is 4.43. The van der Waals surface area contributed by atoms with Crippen molar-refractivity contribution in [1.29, 1.82) is 0 Å². The number of anilines is 2. The van der Waals surface area contributed by atoms with Gasteiger partial charge in [-0.05, 0) is 26.5 Å². The number of nitrogens with zero attached hydrogens (tertiary/aromatic N) is 6. The van der Waals surface area contributed by atoms with E-state index < -0.39 is 0 Å². The van der Waals surface area contributed by atoms with Gasteiger partial charge in [0.1, 0.15) is 0 Å². The Morgan fingerprint density at radius 2 is 1.79 bits per heavy atom. The first kappa shape index (κ1) is 16.6. The van der Waals surface area contributed by atoms with Gasteiger partial charge in [-0.15, -0.1) is 5.10 Å². The van der Waals surface area contributed by atoms with Crippen LogP contribution < -0.4 is 9.80 Å². The summed E-state index contributed by atoms with van der Waals surface area (Å²) in [6.45, 7) is 9.14. The van der Waals surface area contributed by atoms with Crippen molar-refractivity contribution in [2.75, 3.05) is 43.0 Å². The molecule has 1 aromatic heterocycles. The van der Waals surface area contributed by atoms with Crippen LogP contribution in [0.3, 0.4) is 0 Å². The van der Waals surface area contributed by atoms with Crippen molar-refractivity contribution in [2.24, 2.45) is 0 Å². The van der Waals surface area contributed by atoms with Crippen molar-refractivity contribution in [3.8, 4) is 0 Å². The largest absolute Gasteiger partial charge is 0.348 e. The van der Waals surface area contributed by atoms with Gasteiger partial charge in [0.25, 0.3) is 0 Å². The second-order valence-electron chi connectivity index (χ2n) is 6.61. The first-order chi connectivity index (χ1) is 11.6. The molecule has 0 amide bonds.